The Morgan fingerprint density at radius 3 is 2.45 bits per heavy atom. The van der Waals surface area contributed by atoms with Crippen molar-refractivity contribution in [2.24, 2.45) is 0 Å². The lowest BCUT2D eigenvalue weighted by atomic mass is 10.0. The van der Waals surface area contributed by atoms with E-state index in [1.807, 2.05) is 0 Å². The summed E-state index contributed by atoms with van der Waals surface area (Å²) in [7, 11) is -3.53. The summed E-state index contributed by atoms with van der Waals surface area (Å²) in [4.78, 5) is 0.279. The summed E-state index contributed by atoms with van der Waals surface area (Å²) in [6, 6.07) is 4.95. The minimum atomic E-state index is -3.53. The van der Waals surface area contributed by atoms with Crippen LogP contribution in [-0.2, 0) is 19.5 Å². The molecule has 0 bridgehead atoms. The van der Waals surface area contributed by atoms with Crippen LogP contribution in [0.3, 0.4) is 0 Å². The molecule has 2 aliphatic heterocycles. The zero-order valence-electron chi connectivity index (χ0n) is 12.5. The fraction of sp³-hybridized carbons (Fsp3) is 0.600. The van der Waals surface area contributed by atoms with Gasteiger partial charge in [0.25, 0.3) is 0 Å². The zero-order valence-corrected chi connectivity index (χ0v) is 14.1. The lowest BCUT2D eigenvalue weighted by Gasteiger charge is -2.42. The van der Waals surface area contributed by atoms with E-state index in [2.05, 4.69) is 0 Å². The van der Waals surface area contributed by atoms with Gasteiger partial charge in [-0.05, 0) is 31.0 Å². The normalized spacial score (nSPS) is 22.8. The van der Waals surface area contributed by atoms with Gasteiger partial charge < -0.3 is 9.47 Å². The standard InChI is InChI=1S/C15H20ClNO4S/c1-12-3-4-13(16)11-14(12)22(18,19)17-7-5-15(6-8-17)20-9-2-10-21-15/h3-4,11H,2,5-10H2,1H3. The molecular formula is C15H20ClNO4S. The first kappa shape index (κ1) is 16.2. The lowest BCUT2D eigenvalue weighted by molar-refractivity contribution is -0.280. The van der Waals surface area contributed by atoms with Crippen molar-refractivity contribution in [2.75, 3.05) is 26.3 Å². The topological polar surface area (TPSA) is 55.8 Å². The quantitative estimate of drug-likeness (QED) is 0.826. The van der Waals surface area contributed by atoms with Crippen molar-refractivity contribution in [3.8, 4) is 0 Å². The second kappa shape index (κ2) is 6.09. The maximum atomic E-state index is 12.8. The van der Waals surface area contributed by atoms with Crippen LogP contribution in [0.1, 0.15) is 24.8 Å². The minimum absolute atomic E-state index is 0.279. The van der Waals surface area contributed by atoms with Gasteiger partial charge in [-0.1, -0.05) is 17.7 Å². The molecule has 1 aromatic rings. The summed E-state index contributed by atoms with van der Waals surface area (Å²) in [5.74, 6) is -0.590. The Morgan fingerprint density at radius 1 is 1.18 bits per heavy atom. The van der Waals surface area contributed by atoms with Crippen LogP contribution in [-0.4, -0.2) is 44.8 Å². The fourth-order valence-corrected chi connectivity index (χ4v) is 4.89. The Morgan fingerprint density at radius 2 is 1.82 bits per heavy atom. The van der Waals surface area contributed by atoms with E-state index in [1.165, 1.54) is 10.4 Å². The van der Waals surface area contributed by atoms with Gasteiger partial charge in [0.1, 0.15) is 0 Å². The SMILES string of the molecule is Cc1ccc(Cl)cc1S(=O)(=O)N1CCC2(CC1)OCCCO2. The van der Waals surface area contributed by atoms with E-state index >= 15 is 0 Å². The Kier molecular flexibility index (Phi) is 4.49. The van der Waals surface area contributed by atoms with Gasteiger partial charge in [0.05, 0.1) is 18.1 Å². The number of benzene rings is 1. The predicted molar refractivity (Wildman–Crippen MR) is 83.4 cm³/mol. The summed E-state index contributed by atoms with van der Waals surface area (Å²) < 4.78 is 38.6. The van der Waals surface area contributed by atoms with E-state index in [4.69, 9.17) is 21.1 Å². The fourth-order valence-electron chi connectivity index (χ4n) is 2.96. The number of hydrogen-bond acceptors (Lipinski definition) is 4. The van der Waals surface area contributed by atoms with Gasteiger partial charge in [0.15, 0.2) is 5.79 Å². The summed E-state index contributed by atoms with van der Waals surface area (Å²) in [6.07, 6.45) is 2.02. The highest BCUT2D eigenvalue weighted by Crippen LogP contribution is 2.33. The average molecular weight is 346 g/mol. The number of hydrogen-bond donors (Lipinski definition) is 0. The molecule has 2 fully saturated rings. The van der Waals surface area contributed by atoms with Crippen molar-refractivity contribution in [3.05, 3.63) is 28.8 Å². The third-order valence-electron chi connectivity index (χ3n) is 4.27. The van der Waals surface area contributed by atoms with Crippen LogP contribution in [0, 0.1) is 6.92 Å². The van der Waals surface area contributed by atoms with E-state index in [0.717, 1.165) is 6.42 Å². The van der Waals surface area contributed by atoms with Crippen LogP contribution < -0.4 is 0 Å². The summed E-state index contributed by atoms with van der Waals surface area (Å²) >= 11 is 5.96. The Balaban J connectivity index is 1.78. The predicted octanol–water partition coefficient (Wildman–Crippen LogP) is 2.57. The monoisotopic (exact) mass is 345 g/mol. The van der Waals surface area contributed by atoms with Gasteiger partial charge in [0, 0.05) is 31.0 Å². The molecule has 0 atom stereocenters. The van der Waals surface area contributed by atoms with Crippen molar-refractivity contribution in [1.82, 2.24) is 4.31 Å². The molecular weight excluding hydrogens is 326 g/mol. The first-order valence-electron chi connectivity index (χ1n) is 7.47. The van der Waals surface area contributed by atoms with Crippen molar-refractivity contribution in [3.63, 3.8) is 0 Å². The molecule has 0 aromatic heterocycles. The molecule has 0 amide bonds. The number of aryl methyl sites for hydroxylation is 1. The van der Waals surface area contributed by atoms with Crippen LogP contribution in [0.15, 0.2) is 23.1 Å². The largest absolute Gasteiger partial charge is 0.350 e. The molecule has 7 heteroatoms. The number of ether oxygens (including phenoxy) is 2. The Bertz CT molecular complexity index is 646. The van der Waals surface area contributed by atoms with Crippen LogP contribution in [0.4, 0.5) is 0 Å². The number of nitrogens with zero attached hydrogens (tertiary/aromatic N) is 1. The molecule has 0 saturated carbocycles. The molecule has 2 aliphatic rings. The molecule has 2 heterocycles. The second-order valence-corrected chi connectivity index (χ2v) is 8.12. The molecule has 0 aliphatic carbocycles. The summed E-state index contributed by atoms with van der Waals surface area (Å²) in [6.45, 7) is 3.94. The van der Waals surface area contributed by atoms with Crippen molar-refractivity contribution in [1.29, 1.82) is 0 Å². The summed E-state index contributed by atoms with van der Waals surface area (Å²) in [5.41, 5.74) is 0.704. The highest BCUT2D eigenvalue weighted by atomic mass is 35.5. The van der Waals surface area contributed by atoms with Crippen molar-refractivity contribution >= 4 is 21.6 Å². The molecule has 122 valence electrons. The Labute approximate surface area is 136 Å². The maximum Gasteiger partial charge on any atom is 0.243 e. The van der Waals surface area contributed by atoms with Gasteiger partial charge in [-0.25, -0.2) is 8.42 Å². The first-order valence-corrected chi connectivity index (χ1v) is 9.29. The minimum Gasteiger partial charge on any atom is -0.350 e. The van der Waals surface area contributed by atoms with E-state index in [1.54, 1.807) is 19.1 Å². The molecule has 0 radical (unpaired) electrons. The Hall–Kier alpha value is -0.660. The third kappa shape index (κ3) is 3.03. The van der Waals surface area contributed by atoms with Crippen molar-refractivity contribution in [2.45, 2.75) is 36.9 Å². The molecule has 3 rings (SSSR count). The van der Waals surface area contributed by atoms with Gasteiger partial charge in [-0.3, -0.25) is 0 Å². The average Bonchev–Trinajstić information content (AvgIpc) is 2.51. The molecule has 0 unspecified atom stereocenters. The highest BCUT2D eigenvalue weighted by Gasteiger charge is 2.41. The van der Waals surface area contributed by atoms with Crippen LogP contribution in [0.2, 0.25) is 5.02 Å². The molecule has 5 nitrogen and oxygen atoms in total. The lowest BCUT2D eigenvalue weighted by Crippen LogP contribution is -2.51. The van der Waals surface area contributed by atoms with Gasteiger partial charge in [-0.2, -0.15) is 4.31 Å². The number of halogens is 1. The first-order chi connectivity index (χ1) is 10.4. The van der Waals surface area contributed by atoms with Gasteiger partial charge >= 0.3 is 0 Å². The molecule has 22 heavy (non-hydrogen) atoms. The highest BCUT2D eigenvalue weighted by molar-refractivity contribution is 7.89. The number of rotatable bonds is 2. The van der Waals surface area contributed by atoms with Crippen LogP contribution in [0.25, 0.3) is 0 Å². The van der Waals surface area contributed by atoms with Crippen LogP contribution >= 0.6 is 11.6 Å². The van der Waals surface area contributed by atoms with Crippen molar-refractivity contribution < 1.29 is 17.9 Å². The number of sulfonamides is 1. The maximum absolute atomic E-state index is 12.8. The van der Waals surface area contributed by atoms with E-state index in [9.17, 15) is 8.42 Å². The molecule has 0 N–H and O–H groups in total. The zero-order chi connectivity index (χ0) is 15.8. The van der Waals surface area contributed by atoms with Crippen LogP contribution in [0.5, 0.6) is 0 Å². The van der Waals surface area contributed by atoms with E-state index in [0.29, 0.717) is 49.7 Å². The van der Waals surface area contributed by atoms with Gasteiger partial charge in [-0.15, -0.1) is 0 Å². The molecule has 1 aromatic carbocycles. The molecule has 2 saturated heterocycles. The smallest absolute Gasteiger partial charge is 0.243 e. The van der Waals surface area contributed by atoms with E-state index < -0.39 is 15.8 Å². The summed E-state index contributed by atoms with van der Waals surface area (Å²) in [5, 5.41) is 0.427. The third-order valence-corrected chi connectivity index (χ3v) is 6.55. The second-order valence-electron chi connectivity index (χ2n) is 5.78. The number of piperidine rings is 1. The molecule has 1 spiro atoms. The van der Waals surface area contributed by atoms with Gasteiger partial charge in [0.2, 0.25) is 10.0 Å². The van der Waals surface area contributed by atoms with E-state index in [-0.39, 0.29) is 4.90 Å².